The van der Waals surface area contributed by atoms with Gasteiger partial charge in [-0.2, -0.15) is 13.2 Å². The first kappa shape index (κ1) is 18.2. The summed E-state index contributed by atoms with van der Waals surface area (Å²) in [7, 11) is 1.73. The van der Waals surface area contributed by atoms with E-state index in [1.165, 1.54) is 4.57 Å². The molecule has 140 valence electrons. The fourth-order valence-electron chi connectivity index (χ4n) is 2.85. The summed E-state index contributed by atoms with van der Waals surface area (Å²) in [5.41, 5.74) is 0.708. The van der Waals surface area contributed by atoms with Gasteiger partial charge in [0.2, 0.25) is 5.69 Å². The molecule has 1 amide bonds. The van der Waals surface area contributed by atoms with Gasteiger partial charge in [-0.25, -0.2) is 9.83 Å². The number of hydrogen-bond donors (Lipinski definition) is 2. The van der Waals surface area contributed by atoms with E-state index in [2.05, 4.69) is 14.8 Å². The number of aromatic nitrogens is 4. The predicted molar refractivity (Wildman–Crippen MR) is 90.1 cm³/mol. The number of rotatable bonds is 4. The van der Waals surface area contributed by atoms with Gasteiger partial charge in [-0.15, -0.1) is 0 Å². The number of nitrogens with zero attached hydrogens (tertiary/aromatic N) is 4. The maximum atomic E-state index is 12.4. The SMILES string of the molecule is [C-]#[N+]c1c(-c2cccn2C)n(CCNC(=O)C(F)(F)F)c2c(=O)[nH]cnc12. The van der Waals surface area contributed by atoms with Gasteiger partial charge in [-0.05, 0) is 12.1 Å². The summed E-state index contributed by atoms with van der Waals surface area (Å²) < 4.78 is 40.3. The van der Waals surface area contributed by atoms with Gasteiger partial charge in [0.05, 0.1) is 24.3 Å². The summed E-state index contributed by atoms with van der Waals surface area (Å²) in [6, 6.07) is 3.44. The molecule has 0 bridgehead atoms. The van der Waals surface area contributed by atoms with E-state index in [0.717, 1.165) is 6.33 Å². The number of halogens is 3. The van der Waals surface area contributed by atoms with Crippen molar-refractivity contribution in [2.75, 3.05) is 6.54 Å². The molecule has 0 fully saturated rings. The van der Waals surface area contributed by atoms with Gasteiger partial charge >= 0.3 is 12.1 Å². The van der Waals surface area contributed by atoms with Crippen LogP contribution < -0.4 is 10.9 Å². The number of carbonyl (C=O) groups is 1. The van der Waals surface area contributed by atoms with Gasteiger partial charge in [-0.1, -0.05) is 0 Å². The lowest BCUT2D eigenvalue weighted by atomic mass is 10.2. The highest BCUT2D eigenvalue weighted by molar-refractivity contribution is 5.99. The summed E-state index contributed by atoms with van der Waals surface area (Å²) in [5, 5.41) is 1.77. The summed E-state index contributed by atoms with van der Waals surface area (Å²) in [4.78, 5) is 33.3. The Morgan fingerprint density at radius 2 is 2.19 bits per heavy atom. The first-order valence-corrected chi connectivity index (χ1v) is 7.69. The smallest absolute Gasteiger partial charge is 0.350 e. The number of H-pyrrole nitrogens is 1. The molecule has 0 unspecified atom stereocenters. The van der Waals surface area contributed by atoms with Crippen molar-refractivity contribution in [2.45, 2.75) is 12.7 Å². The van der Waals surface area contributed by atoms with Crippen LogP contribution in [0, 0.1) is 6.57 Å². The monoisotopic (exact) mass is 378 g/mol. The van der Waals surface area contributed by atoms with Crippen LogP contribution in [0.4, 0.5) is 18.9 Å². The minimum Gasteiger partial charge on any atom is -0.350 e. The average molecular weight is 378 g/mol. The van der Waals surface area contributed by atoms with Crippen LogP contribution in [0.3, 0.4) is 0 Å². The lowest BCUT2D eigenvalue weighted by Gasteiger charge is -2.13. The van der Waals surface area contributed by atoms with E-state index in [0.29, 0.717) is 11.4 Å². The maximum absolute atomic E-state index is 12.4. The molecule has 3 rings (SSSR count). The fraction of sp³-hybridized carbons (Fsp3) is 0.250. The van der Waals surface area contributed by atoms with Crippen LogP contribution in [0.5, 0.6) is 0 Å². The molecule has 0 saturated carbocycles. The molecule has 0 saturated heterocycles. The topological polar surface area (TPSA) is 89.1 Å². The van der Waals surface area contributed by atoms with Crippen molar-refractivity contribution in [1.29, 1.82) is 0 Å². The second-order valence-corrected chi connectivity index (χ2v) is 5.65. The zero-order valence-electron chi connectivity index (χ0n) is 14.0. The fourth-order valence-corrected chi connectivity index (χ4v) is 2.85. The Labute approximate surface area is 150 Å². The third kappa shape index (κ3) is 3.17. The Morgan fingerprint density at radius 3 is 2.78 bits per heavy atom. The van der Waals surface area contributed by atoms with Crippen molar-refractivity contribution >= 4 is 22.6 Å². The second-order valence-electron chi connectivity index (χ2n) is 5.65. The number of alkyl halides is 3. The standard InChI is InChI=1S/C16H13F3N6O2/c1-20-10-11-13(14(26)23-8-22-11)25(7-5-21-15(27)16(17,18)19)12(10)9-4-3-6-24(9)2/h3-4,6,8H,5,7H2,2H3,(H,21,27)(H,22,23,26). The lowest BCUT2D eigenvalue weighted by molar-refractivity contribution is -0.173. The molecule has 8 nitrogen and oxygen atoms in total. The molecule has 0 radical (unpaired) electrons. The van der Waals surface area contributed by atoms with Gasteiger partial charge in [0.1, 0.15) is 11.0 Å². The van der Waals surface area contributed by atoms with Gasteiger partial charge in [-0.3, -0.25) is 9.59 Å². The van der Waals surface area contributed by atoms with E-state index in [-0.39, 0.29) is 29.8 Å². The largest absolute Gasteiger partial charge is 0.471 e. The molecule has 11 heteroatoms. The maximum Gasteiger partial charge on any atom is 0.471 e. The normalized spacial score (nSPS) is 11.5. The molecular weight excluding hydrogens is 365 g/mol. The molecular formula is C16H13F3N6O2. The number of aryl methyl sites for hydroxylation is 1. The predicted octanol–water partition coefficient (Wildman–Crippen LogP) is 1.96. The molecule has 27 heavy (non-hydrogen) atoms. The molecule has 0 aromatic carbocycles. The Balaban J connectivity index is 2.13. The van der Waals surface area contributed by atoms with E-state index < -0.39 is 17.6 Å². The minimum atomic E-state index is -5.00. The van der Waals surface area contributed by atoms with E-state index in [1.807, 2.05) is 0 Å². The van der Waals surface area contributed by atoms with Crippen LogP contribution in [0.15, 0.2) is 29.5 Å². The molecule has 3 heterocycles. The van der Waals surface area contributed by atoms with E-state index >= 15 is 0 Å². The van der Waals surface area contributed by atoms with Crippen LogP contribution in [0.25, 0.3) is 27.3 Å². The summed E-state index contributed by atoms with van der Waals surface area (Å²) in [6.07, 6.45) is -2.11. The lowest BCUT2D eigenvalue weighted by Crippen LogP contribution is -2.38. The van der Waals surface area contributed by atoms with Crippen molar-refractivity contribution in [3.63, 3.8) is 0 Å². The van der Waals surface area contributed by atoms with Crippen LogP contribution in [0.2, 0.25) is 0 Å². The molecule has 2 N–H and O–H groups in total. The average Bonchev–Trinajstić information content (AvgIpc) is 3.15. The minimum absolute atomic E-state index is 0.0564. The number of carbonyl (C=O) groups excluding carboxylic acids is 1. The van der Waals surface area contributed by atoms with Gasteiger partial charge in [0.25, 0.3) is 5.56 Å². The van der Waals surface area contributed by atoms with Crippen molar-refractivity contribution in [1.82, 2.24) is 24.4 Å². The molecule has 0 atom stereocenters. The van der Waals surface area contributed by atoms with Crippen molar-refractivity contribution in [3.05, 3.63) is 46.4 Å². The highest BCUT2D eigenvalue weighted by Crippen LogP contribution is 2.37. The van der Waals surface area contributed by atoms with Crippen LogP contribution in [-0.4, -0.2) is 37.7 Å². The highest BCUT2D eigenvalue weighted by Gasteiger charge is 2.38. The Hall–Kier alpha value is -3.55. The quantitative estimate of drug-likeness (QED) is 0.680. The third-order valence-electron chi connectivity index (χ3n) is 3.99. The van der Waals surface area contributed by atoms with Crippen molar-refractivity contribution in [3.8, 4) is 11.4 Å². The van der Waals surface area contributed by atoms with Crippen LogP contribution in [0.1, 0.15) is 0 Å². The van der Waals surface area contributed by atoms with Crippen molar-refractivity contribution < 1.29 is 18.0 Å². The van der Waals surface area contributed by atoms with Gasteiger partial charge in [0, 0.05) is 26.3 Å². The Bertz CT molecular complexity index is 1120. The Morgan fingerprint density at radius 1 is 1.44 bits per heavy atom. The van der Waals surface area contributed by atoms with Crippen molar-refractivity contribution in [2.24, 2.45) is 7.05 Å². The number of aromatic amines is 1. The second kappa shape index (κ2) is 6.64. The number of fused-ring (bicyclic) bond motifs is 1. The first-order valence-electron chi connectivity index (χ1n) is 7.69. The van der Waals surface area contributed by atoms with Crippen LogP contribution in [-0.2, 0) is 18.4 Å². The van der Waals surface area contributed by atoms with Crippen LogP contribution >= 0.6 is 0 Å². The molecule has 3 aromatic heterocycles. The number of hydrogen-bond acceptors (Lipinski definition) is 3. The number of nitrogens with one attached hydrogen (secondary N) is 2. The zero-order chi connectivity index (χ0) is 19.8. The molecule has 0 aliphatic rings. The van der Waals surface area contributed by atoms with Gasteiger partial charge in [0.15, 0.2) is 0 Å². The highest BCUT2D eigenvalue weighted by atomic mass is 19.4. The van der Waals surface area contributed by atoms with E-state index in [1.54, 1.807) is 35.3 Å². The summed E-state index contributed by atoms with van der Waals surface area (Å²) >= 11 is 0. The van der Waals surface area contributed by atoms with Gasteiger partial charge < -0.3 is 19.4 Å². The van der Waals surface area contributed by atoms with E-state index in [4.69, 9.17) is 6.57 Å². The summed E-state index contributed by atoms with van der Waals surface area (Å²) in [6.45, 7) is 6.95. The van der Waals surface area contributed by atoms with E-state index in [9.17, 15) is 22.8 Å². The summed E-state index contributed by atoms with van der Waals surface area (Å²) in [5.74, 6) is -2.07. The molecule has 0 aliphatic carbocycles. The molecule has 3 aromatic rings. The zero-order valence-corrected chi connectivity index (χ0v) is 14.0. The number of amides is 1. The molecule has 0 spiro atoms. The Kier molecular flexibility index (Phi) is 4.49. The first-order chi connectivity index (χ1) is 12.8. The third-order valence-corrected chi connectivity index (χ3v) is 3.99. The molecule has 0 aliphatic heterocycles.